The predicted octanol–water partition coefficient (Wildman–Crippen LogP) is 3.45. The Morgan fingerprint density at radius 3 is 2.45 bits per heavy atom. The number of rotatable bonds is 4. The number of fused-ring (bicyclic) bond motifs is 5. The molecular weight excluding hydrogens is 368 g/mol. The molecule has 0 aromatic carbocycles. The van der Waals surface area contributed by atoms with Gasteiger partial charge in [-0.25, -0.2) is 0 Å². The van der Waals surface area contributed by atoms with Crippen LogP contribution in [0.1, 0.15) is 78.6 Å². The highest BCUT2D eigenvalue weighted by atomic mass is 16.4. The summed E-state index contributed by atoms with van der Waals surface area (Å²) in [5, 5.41) is 42.0. The fourth-order valence-corrected chi connectivity index (χ4v) is 8.68. The van der Waals surface area contributed by atoms with Crippen molar-refractivity contribution in [3.05, 3.63) is 0 Å². The molecule has 0 saturated heterocycles. The molecule has 5 nitrogen and oxygen atoms in total. The van der Waals surface area contributed by atoms with E-state index in [1.807, 2.05) is 0 Å². The standard InChI is InChI=1S/C24H40O5/c1-13(4-7-21(28)29)16-5-6-17-22-18(12-20(27)24(16,17)3)23(2)9-8-15(25)10-14(23)11-19(22)26/h13-20,22,25-27H,4-12H2,1-3H3,(H,28,29)/t13-,14-,15?,16+,17-,18-,19?,20?,22-,23-,24+/m0/s1. The Labute approximate surface area is 174 Å². The largest absolute Gasteiger partial charge is 0.481 e. The number of carboxylic acids is 1. The molecule has 0 spiro atoms. The van der Waals surface area contributed by atoms with Gasteiger partial charge in [-0.15, -0.1) is 0 Å². The number of aliphatic carboxylic acids is 1. The number of carboxylic acid groups (broad SMARTS) is 1. The average Bonchev–Trinajstić information content (AvgIpc) is 3.01. The molecule has 166 valence electrons. The lowest BCUT2D eigenvalue weighted by Crippen LogP contribution is -2.62. The molecule has 29 heavy (non-hydrogen) atoms. The number of hydrogen-bond acceptors (Lipinski definition) is 4. The van der Waals surface area contributed by atoms with E-state index >= 15 is 0 Å². The smallest absolute Gasteiger partial charge is 0.303 e. The van der Waals surface area contributed by atoms with Gasteiger partial charge in [0.25, 0.3) is 0 Å². The molecule has 0 amide bonds. The second-order valence-corrected chi connectivity index (χ2v) is 11.4. The summed E-state index contributed by atoms with van der Waals surface area (Å²) in [5.41, 5.74) is -0.143. The minimum Gasteiger partial charge on any atom is -0.481 e. The Kier molecular flexibility index (Phi) is 5.57. The Bertz CT molecular complexity index is 637. The average molecular weight is 409 g/mol. The van der Waals surface area contributed by atoms with E-state index in [1.54, 1.807) is 0 Å². The summed E-state index contributed by atoms with van der Waals surface area (Å²) in [6.45, 7) is 6.72. The first-order valence-corrected chi connectivity index (χ1v) is 11.8. The zero-order valence-electron chi connectivity index (χ0n) is 18.3. The van der Waals surface area contributed by atoms with Crippen LogP contribution in [-0.2, 0) is 4.79 Å². The molecule has 0 aromatic heterocycles. The van der Waals surface area contributed by atoms with Gasteiger partial charge in [0, 0.05) is 6.42 Å². The molecule has 4 saturated carbocycles. The lowest BCUT2D eigenvalue weighted by molar-refractivity contribution is -0.207. The van der Waals surface area contributed by atoms with Crippen molar-refractivity contribution in [3.8, 4) is 0 Å². The maximum atomic E-state index is 11.5. The molecule has 0 aliphatic heterocycles. The number of aliphatic hydroxyl groups excluding tert-OH is 3. The summed E-state index contributed by atoms with van der Waals surface area (Å²) in [5.74, 6) is 0.997. The van der Waals surface area contributed by atoms with E-state index < -0.39 is 12.1 Å². The van der Waals surface area contributed by atoms with Gasteiger partial charge in [0.05, 0.1) is 18.3 Å². The van der Waals surface area contributed by atoms with Crippen LogP contribution in [-0.4, -0.2) is 44.7 Å². The zero-order chi connectivity index (χ0) is 21.1. The molecule has 5 heteroatoms. The molecular formula is C24H40O5. The van der Waals surface area contributed by atoms with Gasteiger partial charge in [-0.05, 0) is 97.7 Å². The second-order valence-electron chi connectivity index (χ2n) is 11.4. The van der Waals surface area contributed by atoms with Crippen LogP contribution in [0.25, 0.3) is 0 Å². The molecule has 4 rings (SSSR count). The van der Waals surface area contributed by atoms with Crippen molar-refractivity contribution >= 4 is 5.97 Å². The highest BCUT2D eigenvalue weighted by Crippen LogP contribution is 2.68. The van der Waals surface area contributed by atoms with Crippen molar-refractivity contribution in [2.75, 3.05) is 0 Å². The predicted molar refractivity (Wildman–Crippen MR) is 110 cm³/mol. The molecule has 11 atom stereocenters. The van der Waals surface area contributed by atoms with Crippen LogP contribution in [0.5, 0.6) is 0 Å². The summed E-state index contributed by atoms with van der Waals surface area (Å²) in [6.07, 6.45) is 6.00. The van der Waals surface area contributed by atoms with Gasteiger partial charge in [0.2, 0.25) is 0 Å². The molecule has 0 bridgehead atoms. The number of hydrogen-bond donors (Lipinski definition) is 4. The Balaban J connectivity index is 1.61. The summed E-state index contributed by atoms with van der Waals surface area (Å²) in [6, 6.07) is 0. The second kappa shape index (κ2) is 7.49. The van der Waals surface area contributed by atoms with E-state index in [0.29, 0.717) is 30.1 Å². The first-order chi connectivity index (χ1) is 13.6. The fourth-order valence-electron chi connectivity index (χ4n) is 8.68. The Morgan fingerprint density at radius 1 is 1.03 bits per heavy atom. The van der Waals surface area contributed by atoms with Gasteiger partial charge in [0.1, 0.15) is 0 Å². The van der Waals surface area contributed by atoms with Crippen molar-refractivity contribution in [3.63, 3.8) is 0 Å². The summed E-state index contributed by atoms with van der Waals surface area (Å²) >= 11 is 0. The van der Waals surface area contributed by atoms with Crippen LogP contribution in [0.15, 0.2) is 0 Å². The van der Waals surface area contributed by atoms with Crippen LogP contribution in [0, 0.1) is 46.3 Å². The zero-order valence-corrected chi connectivity index (χ0v) is 18.3. The van der Waals surface area contributed by atoms with Crippen molar-refractivity contribution < 1.29 is 25.2 Å². The molecule has 4 fully saturated rings. The van der Waals surface area contributed by atoms with Gasteiger partial charge in [-0.2, -0.15) is 0 Å². The van der Waals surface area contributed by atoms with E-state index in [1.165, 1.54) is 0 Å². The van der Waals surface area contributed by atoms with Gasteiger partial charge >= 0.3 is 5.97 Å². The third-order valence-electron chi connectivity index (χ3n) is 10.3. The number of aliphatic hydroxyl groups is 3. The molecule has 0 aromatic rings. The summed E-state index contributed by atoms with van der Waals surface area (Å²) in [7, 11) is 0. The van der Waals surface area contributed by atoms with Crippen LogP contribution < -0.4 is 0 Å². The van der Waals surface area contributed by atoms with E-state index in [0.717, 1.165) is 44.9 Å². The minimum atomic E-state index is -0.748. The van der Waals surface area contributed by atoms with Crippen molar-refractivity contribution in [2.45, 2.75) is 96.9 Å². The molecule has 0 heterocycles. The maximum absolute atomic E-state index is 11.5. The topological polar surface area (TPSA) is 98.0 Å². The number of carbonyl (C=O) groups is 1. The molecule has 4 aliphatic carbocycles. The quantitative estimate of drug-likeness (QED) is 0.571. The first kappa shape index (κ1) is 21.6. The molecule has 3 unspecified atom stereocenters. The van der Waals surface area contributed by atoms with E-state index in [9.17, 15) is 20.1 Å². The summed E-state index contributed by atoms with van der Waals surface area (Å²) < 4.78 is 0. The first-order valence-electron chi connectivity index (χ1n) is 11.8. The highest BCUT2D eigenvalue weighted by molar-refractivity contribution is 5.66. The van der Waals surface area contributed by atoms with Crippen LogP contribution in [0.2, 0.25) is 0 Å². The van der Waals surface area contributed by atoms with Crippen molar-refractivity contribution in [1.82, 2.24) is 0 Å². The maximum Gasteiger partial charge on any atom is 0.303 e. The minimum absolute atomic E-state index is 0.0957. The summed E-state index contributed by atoms with van der Waals surface area (Å²) in [4.78, 5) is 11.1. The Morgan fingerprint density at radius 2 is 1.76 bits per heavy atom. The van der Waals surface area contributed by atoms with Crippen molar-refractivity contribution in [2.24, 2.45) is 46.3 Å². The van der Waals surface area contributed by atoms with Crippen LogP contribution >= 0.6 is 0 Å². The highest BCUT2D eigenvalue weighted by Gasteiger charge is 2.65. The third kappa shape index (κ3) is 3.27. The van der Waals surface area contributed by atoms with Crippen molar-refractivity contribution in [1.29, 1.82) is 0 Å². The van der Waals surface area contributed by atoms with E-state index in [2.05, 4.69) is 20.8 Å². The molecule has 4 aliphatic rings. The van der Waals surface area contributed by atoms with E-state index in [-0.39, 0.29) is 41.3 Å². The van der Waals surface area contributed by atoms with E-state index in [4.69, 9.17) is 5.11 Å². The Hall–Kier alpha value is -0.650. The van der Waals surface area contributed by atoms with Crippen LogP contribution in [0.3, 0.4) is 0 Å². The third-order valence-corrected chi connectivity index (χ3v) is 10.3. The van der Waals surface area contributed by atoms with Gasteiger partial charge in [0.15, 0.2) is 0 Å². The fraction of sp³-hybridized carbons (Fsp3) is 0.958. The van der Waals surface area contributed by atoms with Crippen LogP contribution in [0.4, 0.5) is 0 Å². The van der Waals surface area contributed by atoms with Gasteiger partial charge in [-0.3, -0.25) is 4.79 Å². The monoisotopic (exact) mass is 408 g/mol. The normalized spacial score (nSPS) is 52.9. The lowest BCUT2D eigenvalue weighted by atomic mass is 9.43. The molecule has 4 N–H and O–H groups in total. The van der Waals surface area contributed by atoms with Gasteiger partial charge < -0.3 is 20.4 Å². The molecule has 0 radical (unpaired) electrons. The lowest BCUT2D eigenvalue weighted by Gasteiger charge is -2.63. The SMILES string of the molecule is C[C@@H](CCC(=O)O)[C@H]1CC[C@H]2[C@@H]3C(O)C[C@@H]4CC(O)CC[C@]4(C)[C@H]3CC(O)[C@]12C. The van der Waals surface area contributed by atoms with Gasteiger partial charge in [-0.1, -0.05) is 20.8 Å².